The second-order valence-corrected chi connectivity index (χ2v) is 13.6. The molecule has 1 amide bonds. The number of nitrogens with zero attached hydrogens (tertiary/aromatic N) is 5. The Kier molecular flexibility index (Phi) is 11.1. The maximum atomic E-state index is 10.5. The normalized spacial score (nSPS) is 15.1. The van der Waals surface area contributed by atoms with Gasteiger partial charge >= 0.3 is 0 Å². The molecule has 4 N–H and O–H groups in total. The Morgan fingerprint density at radius 2 is 1.88 bits per heavy atom. The van der Waals surface area contributed by atoms with Crippen LogP contribution in [0.4, 0.5) is 5.69 Å². The third kappa shape index (κ3) is 7.71. The van der Waals surface area contributed by atoms with Crippen LogP contribution in [0.25, 0.3) is 22.2 Å². The lowest BCUT2D eigenvalue weighted by Crippen LogP contribution is -2.32. The number of amides is 1. The Morgan fingerprint density at radius 3 is 2.57 bits per heavy atom. The zero-order valence-electron chi connectivity index (χ0n) is 28.3. The number of fused-ring (bicyclic) bond motifs is 3. The minimum absolute atomic E-state index is 0.0381. The minimum atomic E-state index is -0.744. The van der Waals surface area contributed by atoms with E-state index in [0.29, 0.717) is 24.6 Å². The van der Waals surface area contributed by atoms with E-state index >= 15 is 0 Å². The topological polar surface area (TPSA) is 139 Å². The van der Waals surface area contributed by atoms with E-state index in [2.05, 4.69) is 54.5 Å². The number of aliphatic hydroxyl groups excluding tert-OH is 1. The number of hydrogen-bond donors (Lipinski definition) is 4. The number of carbonyl (C=O) groups excluding carboxylic acids is 1. The van der Waals surface area contributed by atoms with Crippen LogP contribution in [0.5, 0.6) is 11.5 Å². The van der Waals surface area contributed by atoms with Gasteiger partial charge in [0, 0.05) is 24.7 Å². The molecule has 5 aromatic rings. The van der Waals surface area contributed by atoms with E-state index in [-0.39, 0.29) is 17.5 Å². The van der Waals surface area contributed by atoms with Crippen molar-refractivity contribution in [1.82, 2.24) is 29.9 Å². The Balaban J connectivity index is 0.000000170. The molecule has 1 saturated carbocycles. The second-order valence-electron chi connectivity index (χ2n) is 12.7. The summed E-state index contributed by atoms with van der Waals surface area (Å²) in [6.07, 6.45) is 7.70. The quantitative estimate of drug-likeness (QED) is 0.0885. The fourth-order valence-electron chi connectivity index (χ4n) is 6.77. The molecule has 2 atom stereocenters. The standard InChI is InChI=1S/C19H24N2O4.C18H21N5S/c1-13(9-14-3-6-16(25-2)7-4-14)20-11-19(24)15-5-8-18(23)17(10-15)21-12-22;1-2-14-13-9-10-22-17(15-8-5-11-24-15)19-20-18(22)16(13)23(21-14)12-6-3-4-7-12/h3-8,10,12-13,19-20,23-24H,9,11H2,1-2H3,(H,21,22);5,8,11-12H,2-4,6-7,9-10H2,1H3/t13-,19+;/m1./s1. The van der Waals surface area contributed by atoms with Gasteiger partial charge in [-0.2, -0.15) is 5.10 Å². The van der Waals surface area contributed by atoms with Crippen LogP contribution in [0, 0.1) is 0 Å². The summed E-state index contributed by atoms with van der Waals surface area (Å²) in [6.45, 7) is 5.57. The molecule has 258 valence electrons. The monoisotopic (exact) mass is 683 g/mol. The van der Waals surface area contributed by atoms with Gasteiger partial charge < -0.3 is 30.2 Å². The Bertz CT molecular complexity index is 1830. The van der Waals surface area contributed by atoms with Crippen molar-refractivity contribution in [3.05, 3.63) is 82.4 Å². The average Bonchev–Trinajstić information content (AvgIpc) is 3.95. The van der Waals surface area contributed by atoms with Gasteiger partial charge in [0.2, 0.25) is 6.41 Å². The summed E-state index contributed by atoms with van der Waals surface area (Å²) in [5.41, 5.74) is 5.97. The molecular formula is C37H45N7O4S. The molecular weight excluding hydrogens is 639 g/mol. The number of benzene rings is 2. The Morgan fingerprint density at radius 1 is 1.10 bits per heavy atom. The van der Waals surface area contributed by atoms with E-state index in [0.717, 1.165) is 43.2 Å². The first kappa shape index (κ1) is 34.3. The van der Waals surface area contributed by atoms with Gasteiger partial charge in [-0.15, -0.1) is 21.5 Å². The van der Waals surface area contributed by atoms with Crippen molar-refractivity contribution in [1.29, 1.82) is 0 Å². The molecule has 2 aromatic carbocycles. The lowest BCUT2D eigenvalue weighted by atomic mass is 10.0. The van der Waals surface area contributed by atoms with Crippen molar-refractivity contribution in [2.45, 2.75) is 83.5 Å². The number of phenols is 1. The number of aliphatic hydroxyl groups is 1. The molecule has 0 saturated heterocycles. The summed E-state index contributed by atoms with van der Waals surface area (Å²) < 4.78 is 9.73. The van der Waals surface area contributed by atoms with Gasteiger partial charge in [0.1, 0.15) is 17.2 Å². The number of nitrogens with one attached hydrogen (secondary N) is 2. The molecule has 0 radical (unpaired) electrons. The number of phenolic OH excluding ortho intramolecular Hbond substituents is 1. The molecule has 7 rings (SSSR count). The van der Waals surface area contributed by atoms with Crippen LogP contribution < -0.4 is 15.4 Å². The van der Waals surface area contributed by atoms with Crippen molar-refractivity contribution in [3.8, 4) is 33.7 Å². The number of aromatic nitrogens is 5. The maximum absolute atomic E-state index is 10.5. The van der Waals surface area contributed by atoms with Gasteiger partial charge in [-0.25, -0.2) is 0 Å². The number of aromatic hydroxyl groups is 1. The highest BCUT2D eigenvalue weighted by atomic mass is 32.1. The first-order valence-corrected chi connectivity index (χ1v) is 17.9. The third-order valence-electron chi connectivity index (χ3n) is 9.37. The molecule has 11 nitrogen and oxygen atoms in total. The molecule has 3 aromatic heterocycles. The van der Waals surface area contributed by atoms with Crippen LogP contribution in [0.1, 0.15) is 74.1 Å². The summed E-state index contributed by atoms with van der Waals surface area (Å²) in [5.74, 6) is 2.80. The molecule has 1 fully saturated rings. The third-order valence-corrected chi connectivity index (χ3v) is 10.2. The van der Waals surface area contributed by atoms with Gasteiger partial charge in [-0.3, -0.25) is 9.48 Å². The average molecular weight is 684 g/mol. The number of hydrogen-bond acceptors (Lipinski definition) is 9. The number of methoxy groups -OCH3 is 1. The number of carbonyl (C=O) groups is 1. The zero-order valence-corrected chi connectivity index (χ0v) is 29.1. The van der Waals surface area contributed by atoms with Gasteiger partial charge in [0.15, 0.2) is 11.6 Å². The molecule has 2 aliphatic rings. The summed E-state index contributed by atoms with van der Waals surface area (Å²) >= 11 is 1.73. The first-order chi connectivity index (χ1) is 23.9. The number of ether oxygens (including phenoxy) is 1. The molecule has 49 heavy (non-hydrogen) atoms. The highest BCUT2D eigenvalue weighted by molar-refractivity contribution is 7.13. The lowest BCUT2D eigenvalue weighted by Gasteiger charge is -2.20. The van der Waals surface area contributed by atoms with Crippen molar-refractivity contribution in [2.24, 2.45) is 0 Å². The molecule has 1 aliphatic heterocycles. The number of anilines is 1. The maximum Gasteiger partial charge on any atom is 0.211 e. The van der Waals surface area contributed by atoms with Crippen molar-refractivity contribution in [2.75, 3.05) is 19.0 Å². The zero-order chi connectivity index (χ0) is 34.3. The van der Waals surface area contributed by atoms with Crippen molar-refractivity contribution in [3.63, 3.8) is 0 Å². The Labute approximate surface area is 291 Å². The van der Waals surface area contributed by atoms with Crippen LogP contribution in [0.2, 0.25) is 0 Å². The number of aryl methyl sites for hydroxylation is 1. The van der Waals surface area contributed by atoms with E-state index in [9.17, 15) is 15.0 Å². The summed E-state index contributed by atoms with van der Waals surface area (Å²) in [7, 11) is 1.64. The van der Waals surface area contributed by atoms with E-state index in [1.807, 2.05) is 31.2 Å². The van der Waals surface area contributed by atoms with E-state index in [1.165, 1.54) is 59.1 Å². The van der Waals surface area contributed by atoms with E-state index in [1.54, 1.807) is 30.6 Å². The minimum Gasteiger partial charge on any atom is -0.506 e. The molecule has 0 unspecified atom stereocenters. The van der Waals surface area contributed by atoms with Crippen LogP contribution in [0.15, 0.2) is 60.0 Å². The van der Waals surface area contributed by atoms with Crippen molar-refractivity contribution < 1.29 is 19.7 Å². The van der Waals surface area contributed by atoms with Gasteiger partial charge in [-0.1, -0.05) is 44.0 Å². The molecule has 0 spiro atoms. The fraction of sp³-hybridized carbons (Fsp3) is 0.405. The van der Waals surface area contributed by atoms with Gasteiger partial charge in [0.25, 0.3) is 0 Å². The predicted octanol–water partition coefficient (Wildman–Crippen LogP) is 6.33. The van der Waals surface area contributed by atoms with Crippen LogP contribution in [-0.4, -0.2) is 60.9 Å². The smallest absolute Gasteiger partial charge is 0.211 e. The van der Waals surface area contributed by atoms with Crippen LogP contribution >= 0.6 is 11.3 Å². The number of rotatable bonds is 12. The van der Waals surface area contributed by atoms with Gasteiger partial charge in [0.05, 0.1) is 35.5 Å². The number of thiophene rings is 1. The second kappa shape index (κ2) is 15.8. The Hall–Kier alpha value is -4.52. The molecule has 0 bridgehead atoms. The van der Waals surface area contributed by atoms with Crippen LogP contribution in [-0.2, 0) is 30.6 Å². The molecule has 1 aliphatic carbocycles. The summed E-state index contributed by atoms with van der Waals surface area (Å²) in [5, 5.41) is 41.9. The van der Waals surface area contributed by atoms with Crippen LogP contribution in [0.3, 0.4) is 0 Å². The fourth-order valence-corrected chi connectivity index (χ4v) is 7.49. The lowest BCUT2D eigenvalue weighted by molar-refractivity contribution is -0.105. The summed E-state index contributed by atoms with van der Waals surface area (Å²) in [6, 6.07) is 17.4. The van der Waals surface area contributed by atoms with E-state index < -0.39 is 6.10 Å². The highest BCUT2D eigenvalue weighted by Gasteiger charge is 2.32. The van der Waals surface area contributed by atoms with Gasteiger partial charge in [-0.05, 0) is 85.9 Å². The van der Waals surface area contributed by atoms with Crippen molar-refractivity contribution >= 4 is 23.4 Å². The van der Waals surface area contributed by atoms with E-state index in [4.69, 9.17) is 9.84 Å². The predicted molar refractivity (Wildman–Crippen MR) is 192 cm³/mol. The SMILES string of the molecule is CCc1nn(C2CCCC2)c2c1CCn1c(-c3cccs3)nnc1-2.COc1ccc(C[C@@H](C)NC[C@H](O)c2ccc(O)c(NC=O)c2)cc1. The molecule has 4 heterocycles. The highest BCUT2D eigenvalue weighted by Crippen LogP contribution is 2.39. The first-order valence-electron chi connectivity index (χ1n) is 17.0. The summed E-state index contributed by atoms with van der Waals surface area (Å²) in [4.78, 5) is 11.7. The largest absolute Gasteiger partial charge is 0.506 e. The molecule has 12 heteroatoms.